The smallest absolute Gasteiger partial charge is 0.256 e. The van der Waals surface area contributed by atoms with Crippen LogP contribution in [0.15, 0.2) is 66.0 Å². The number of benzene rings is 2. The van der Waals surface area contributed by atoms with Gasteiger partial charge in [0.25, 0.3) is 5.91 Å². The summed E-state index contributed by atoms with van der Waals surface area (Å²) in [5.41, 5.74) is 3.17. The predicted molar refractivity (Wildman–Crippen MR) is 110 cm³/mol. The number of hydrogen-bond acceptors (Lipinski definition) is 5. The second-order valence-electron chi connectivity index (χ2n) is 6.15. The molecule has 0 saturated heterocycles. The van der Waals surface area contributed by atoms with Crippen LogP contribution in [0.5, 0.6) is 5.75 Å². The molecule has 28 heavy (non-hydrogen) atoms. The third-order valence-electron chi connectivity index (χ3n) is 4.15. The van der Waals surface area contributed by atoms with Crippen LogP contribution >= 0.6 is 11.3 Å². The normalized spacial score (nSPS) is 10.6. The highest BCUT2D eigenvalue weighted by Crippen LogP contribution is 2.28. The molecule has 0 spiro atoms. The zero-order chi connectivity index (χ0) is 19.5. The molecule has 2 aromatic heterocycles. The Morgan fingerprint density at radius 3 is 2.71 bits per heavy atom. The second kappa shape index (κ2) is 7.66. The lowest BCUT2D eigenvalue weighted by Crippen LogP contribution is -2.14. The number of hydrogen-bond donors (Lipinski definition) is 1. The molecule has 0 saturated carbocycles. The van der Waals surface area contributed by atoms with Crippen molar-refractivity contribution in [2.45, 2.75) is 6.92 Å². The lowest BCUT2D eigenvalue weighted by atomic mass is 10.2. The Labute approximate surface area is 166 Å². The highest BCUT2D eigenvalue weighted by Gasteiger charge is 2.15. The lowest BCUT2D eigenvalue weighted by Gasteiger charge is -2.06. The van der Waals surface area contributed by atoms with Gasteiger partial charge in [-0.1, -0.05) is 30.3 Å². The second-order valence-corrected chi connectivity index (χ2v) is 6.99. The van der Waals surface area contributed by atoms with Gasteiger partial charge in [-0.2, -0.15) is 9.78 Å². The monoisotopic (exact) mass is 390 g/mol. The quantitative estimate of drug-likeness (QED) is 0.542. The van der Waals surface area contributed by atoms with Crippen molar-refractivity contribution < 1.29 is 9.53 Å². The van der Waals surface area contributed by atoms with Crippen molar-refractivity contribution in [3.05, 3.63) is 77.3 Å². The number of anilines is 1. The van der Waals surface area contributed by atoms with E-state index in [9.17, 15) is 4.79 Å². The van der Waals surface area contributed by atoms with E-state index < -0.39 is 0 Å². The Hall–Kier alpha value is -3.45. The molecule has 4 aromatic rings. The van der Waals surface area contributed by atoms with Crippen LogP contribution in [-0.4, -0.2) is 27.8 Å². The van der Waals surface area contributed by atoms with Gasteiger partial charge in [0.1, 0.15) is 11.6 Å². The summed E-state index contributed by atoms with van der Waals surface area (Å²) in [6.07, 6.45) is 0. The molecular weight excluding hydrogens is 372 g/mol. The zero-order valence-corrected chi connectivity index (χ0v) is 16.2. The molecule has 0 radical (unpaired) electrons. The first-order valence-corrected chi connectivity index (χ1v) is 9.55. The molecule has 4 rings (SSSR count). The molecule has 0 aliphatic rings. The van der Waals surface area contributed by atoms with Gasteiger partial charge >= 0.3 is 0 Å². The van der Waals surface area contributed by atoms with E-state index in [-0.39, 0.29) is 5.91 Å². The van der Waals surface area contributed by atoms with Gasteiger partial charge in [0.2, 0.25) is 5.13 Å². The SMILES string of the molecule is COc1cccc(-c2csc(-n3nc(C)cc3NC(=O)c3ccccc3)n2)c1. The molecule has 140 valence electrons. The summed E-state index contributed by atoms with van der Waals surface area (Å²) in [5.74, 6) is 1.17. The molecule has 1 N–H and O–H groups in total. The van der Waals surface area contributed by atoms with Crippen LogP contribution in [-0.2, 0) is 0 Å². The fraction of sp³-hybridized carbons (Fsp3) is 0.0952. The first-order chi connectivity index (χ1) is 13.6. The van der Waals surface area contributed by atoms with E-state index in [2.05, 4.69) is 10.4 Å². The molecule has 6 nitrogen and oxygen atoms in total. The predicted octanol–water partition coefficient (Wildman–Crippen LogP) is 4.57. The number of carbonyl (C=O) groups excluding carboxylic acids is 1. The Bertz CT molecular complexity index is 1120. The number of rotatable bonds is 5. The van der Waals surface area contributed by atoms with E-state index in [1.54, 1.807) is 23.9 Å². The lowest BCUT2D eigenvalue weighted by molar-refractivity contribution is 0.102. The first kappa shape index (κ1) is 17.9. The third-order valence-corrected chi connectivity index (χ3v) is 4.96. The largest absolute Gasteiger partial charge is 0.497 e. The minimum atomic E-state index is -0.189. The van der Waals surface area contributed by atoms with Crippen LogP contribution in [0.2, 0.25) is 0 Å². The van der Waals surface area contributed by atoms with Crippen molar-refractivity contribution in [3.63, 3.8) is 0 Å². The van der Waals surface area contributed by atoms with Gasteiger partial charge in [-0.05, 0) is 31.2 Å². The molecule has 0 aliphatic heterocycles. The van der Waals surface area contributed by atoms with Crippen LogP contribution in [0, 0.1) is 6.92 Å². The van der Waals surface area contributed by atoms with Crippen molar-refractivity contribution in [3.8, 4) is 22.1 Å². The maximum atomic E-state index is 12.5. The van der Waals surface area contributed by atoms with Crippen molar-refractivity contribution >= 4 is 23.1 Å². The summed E-state index contributed by atoms with van der Waals surface area (Å²) >= 11 is 1.46. The molecular formula is C21H18N4O2S. The highest BCUT2D eigenvalue weighted by atomic mass is 32.1. The molecule has 1 amide bonds. The summed E-state index contributed by atoms with van der Waals surface area (Å²) in [4.78, 5) is 17.2. The molecule has 0 bridgehead atoms. The van der Waals surface area contributed by atoms with Crippen LogP contribution < -0.4 is 10.1 Å². The number of ether oxygens (including phenoxy) is 1. The van der Waals surface area contributed by atoms with Crippen LogP contribution in [0.25, 0.3) is 16.4 Å². The number of amides is 1. The summed E-state index contributed by atoms with van der Waals surface area (Å²) in [7, 11) is 1.64. The average molecular weight is 390 g/mol. The molecule has 2 heterocycles. The number of carbonyl (C=O) groups is 1. The summed E-state index contributed by atoms with van der Waals surface area (Å²) < 4.78 is 6.94. The van der Waals surface area contributed by atoms with Crippen molar-refractivity contribution in [1.82, 2.24) is 14.8 Å². The summed E-state index contributed by atoms with van der Waals surface area (Å²) in [6, 6.07) is 18.6. The van der Waals surface area contributed by atoms with E-state index in [0.717, 1.165) is 22.7 Å². The van der Waals surface area contributed by atoms with E-state index in [1.807, 2.05) is 60.8 Å². The minimum Gasteiger partial charge on any atom is -0.497 e. The molecule has 0 unspecified atom stereocenters. The maximum absolute atomic E-state index is 12.5. The first-order valence-electron chi connectivity index (χ1n) is 8.67. The van der Waals surface area contributed by atoms with E-state index >= 15 is 0 Å². The highest BCUT2D eigenvalue weighted by molar-refractivity contribution is 7.12. The molecule has 0 aliphatic carbocycles. The van der Waals surface area contributed by atoms with Crippen LogP contribution in [0.3, 0.4) is 0 Å². The van der Waals surface area contributed by atoms with E-state index in [0.29, 0.717) is 16.5 Å². The summed E-state index contributed by atoms with van der Waals surface area (Å²) in [5, 5.41) is 10.1. The third kappa shape index (κ3) is 3.65. The van der Waals surface area contributed by atoms with Crippen molar-refractivity contribution in [1.29, 1.82) is 0 Å². The van der Waals surface area contributed by atoms with E-state index in [4.69, 9.17) is 9.72 Å². The molecule has 7 heteroatoms. The van der Waals surface area contributed by atoms with Gasteiger partial charge in [0.15, 0.2) is 0 Å². The van der Waals surface area contributed by atoms with Gasteiger partial charge < -0.3 is 10.1 Å². The topological polar surface area (TPSA) is 69.0 Å². The number of nitrogens with zero attached hydrogens (tertiary/aromatic N) is 3. The maximum Gasteiger partial charge on any atom is 0.256 e. The molecule has 0 atom stereocenters. The number of aromatic nitrogens is 3. The van der Waals surface area contributed by atoms with Gasteiger partial charge in [-0.25, -0.2) is 4.98 Å². The number of methoxy groups -OCH3 is 1. The fourth-order valence-electron chi connectivity index (χ4n) is 2.79. The van der Waals surface area contributed by atoms with E-state index in [1.165, 1.54) is 11.3 Å². The Kier molecular flexibility index (Phi) is 4.90. The standard InChI is InChI=1S/C21H18N4O2S/c1-14-11-19(23-20(26)15-7-4-3-5-8-15)25(24-14)21-22-18(13-28-21)16-9-6-10-17(12-16)27-2/h3-13H,1-2H3,(H,23,26). The Morgan fingerprint density at radius 1 is 1.11 bits per heavy atom. The van der Waals surface area contributed by atoms with Gasteiger partial charge in [-0.15, -0.1) is 11.3 Å². The van der Waals surface area contributed by atoms with Gasteiger partial charge in [0, 0.05) is 22.6 Å². The minimum absolute atomic E-state index is 0.189. The zero-order valence-electron chi connectivity index (χ0n) is 15.4. The van der Waals surface area contributed by atoms with Crippen LogP contribution in [0.1, 0.15) is 16.1 Å². The van der Waals surface area contributed by atoms with Crippen LogP contribution in [0.4, 0.5) is 5.82 Å². The molecule has 2 aromatic carbocycles. The molecule has 0 fully saturated rings. The Balaban J connectivity index is 1.64. The Morgan fingerprint density at radius 2 is 1.93 bits per heavy atom. The van der Waals surface area contributed by atoms with Gasteiger partial charge in [-0.3, -0.25) is 4.79 Å². The van der Waals surface area contributed by atoms with Gasteiger partial charge in [0.05, 0.1) is 18.5 Å². The van der Waals surface area contributed by atoms with Crippen molar-refractivity contribution in [2.75, 3.05) is 12.4 Å². The van der Waals surface area contributed by atoms with Crippen molar-refractivity contribution in [2.24, 2.45) is 0 Å². The average Bonchev–Trinajstić information content (AvgIpc) is 3.35. The number of thiazole rings is 1. The number of aryl methyl sites for hydroxylation is 1. The summed E-state index contributed by atoms with van der Waals surface area (Å²) in [6.45, 7) is 1.88. The number of nitrogens with one attached hydrogen (secondary N) is 1. The fourth-order valence-corrected chi connectivity index (χ4v) is 3.58.